The molecule has 0 atom stereocenters. The van der Waals surface area contributed by atoms with E-state index >= 15 is 0 Å². The molecule has 4 aromatic carbocycles. The van der Waals surface area contributed by atoms with Gasteiger partial charge in [0.2, 0.25) is 0 Å². The number of pyridine rings is 1. The van der Waals surface area contributed by atoms with Crippen molar-refractivity contribution in [2.45, 2.75) is 0 Å². The van der Waals surface area contributed by atoms with Crippen molar-refractivity contribution in [2.75, 3.05) is 0 Å². The van der Waals surface area contributed by atoms with Gasteiger partial charge in [0.25, 0.3) is 0 Å². The largest absolute Gasteiger partial charge is 0.299 e. The number of thiazole rings is 1. The molecule has 0 aliphatic carbocycles. The van der Waals surface area contributed by atoms with Crippen molar-refractivity contribution >= 4 is 54.9 Å². The lowest BCUT2D eigenvalue weighted by Crippen LogP contribution is -1.96. The molecule has 0 spiro atoms. The molecule has 0 N–H and O–H groups in total. The van der Waals surface area contributed by atoms with Gasteiger partial charge in [0.15, 0.2) is 0 Å². The predicted octanol–water partition coefficient (Wildman–Crippen LogP) is 8.40. The molecule has 0 amide bonds. The third-order valence-corrected chi connectivity index (χ3v) is 8.11. The van der Waals surface area contributed by atoms with Gasteiger partial charge in [0, 0.05) is 33.3 Å². The van der Waals surface area contributed by atoms with Crippen molar-refractivity contribution in [1.29, 1.82) is 0 Å². The molecule has 5 heteroatoms. The minimum absolute atomic E-state index is 0.923. The van der Waals surface area contributed by atoms with Gasteiger partial charge in [-0.05, 0) is 36.4 Å². The SMILES string of the molecule is c1ccc(-c2ncc(-n3c4ccccc4c4cc5c(cc43)c3ccccc3n5-c3ccccn3)s2)cc1. The lowest BCUT2D eigenvalue weighted by molar-refractivity contribution is 1.08. The van der Waals surface area contributed by atoms with Gasteiger partial charge < -0.3 is 0 Å². The molecule has 0 aliphatic rings. The van der Waals surface area contributed by atoms with Crippen LogP contribution in [0.15, 0.2) is 122 Å². The Bertz CT molecular complexity index is 2080. The lowest BCUT2D eigenvalue weighted by atomic mass is 10.1. The van der Waals surface area contributed by atoms with Gasteiger partial charge in [-0.25, -0.2) is 9.97 Å². The van der Waals surface area contributed by atoms with E-state index in [-0.39, 0.29) is 0 Å². The van der Waals surface area contributed by atoms with Crippen LogP contribution in [0, 0.1) is 0 Å². The molecule has 4 heterocycles. The Balaban J connectivity index is 1.48. The van der Waals surface area contributed by atoms with E-state index in [1.807, 2.05) is 30.6 Å². The second-order valence-corrected chi connectivity index (χ2v) is 10.2. The maximum Gasteiger partial charge on any atom is 0.137 e. The molecular formula is C32H20N4S. The van der Waals surface area contributed by atoms with E-state index in [9.17, 15) is 0 Å². The van der Waals surface area contributed by atoms with E-state index in [4.69, 9.17) is 9.97 Å². The summed E-state index contributed by atoms with van der Waals surface area (Å²) in [6.07, 6.45) is 3.86. The van der Waals surface area contributed by atoms with E-state index in [0.717, 1.165) is 32.4 Å². The number of para-hydroxylation sites is 2. The third kappa shape index (κ3) is 3.01. The lowest BCUT2D eigenvalue weighted by Gasteiger charge is -2.07. The molecule has 0 saturated carbocycles. The van der Waals surface area contributed by atoms with E-state index in [1.54, 1.807) is 11.3 Å². The summed E-state index contributed by atoms with van der Waals surface area (Å²) < 4.78 is 4.64. The Labute approximate surface area is 216 Å². The normalized spacial score (nSPS) is 11.8. The average molecular weight is 493 g/mol. The summed E-state index contributed by atoms with van der Waals surface area (Å²) in [5.74, 6) is 0.923. The van der Waals surface area contributed by atoms with E-state index in [2.05, 4.69) is 100 Å². The molecule has 0 saturated heterocycles. The monoisotopic (exact) mass is 492 g/mol. The highest BCUT2D eigenvalue weighted by atomic mass is 32.1. The summed E-state index contributed by atoms with van der Waals surface area (Å²) in [4.78, 5) is 9.50. The van der Waals surface area contributed by atoms with Gasteiger partial charge in [-0.2, -0.15) is 0 Å². The molecule has 8 rings (SSSR count). The summed E-state index contributed by atoms with van der Waals surface area (Å²) in [7, 11) is 0. The molecule has 0 radical (unpaired) electrons. The van der Waals surface area contributed by atoms with Crippen LogP contribution in [0.4, 0.5) is 0 Å². The summed E-state index contributed by atoms with van der Waals surface area (Å²) in [5, 5.41) is 7.01. The van der Waals surface area contributed by atoms with E-state index < -0.39 is 0 Å². The van der Waals surface area contributed by atoms with Gasteiger partial charge in [-0.1, -0.05) is 84.1 Å². The average Bonchev–Trinajstić information content (AvgIpc) is 3.65. The molecule has 0 fully saturated rings. The van der Waals surface area contributed by atoms with Crippen molar-refractivity contribution < 1.29 is 0 Å². The molecule has 4 aromatic heterocycles. The van der Waals surface area contributed by atoms with Crippen LogP contribution in [-0.4, -0.2) is 19.1 Å². The number of fused-ring (bicyclic) bond motifs is 6. The third-order valence-electron chi connectivity index (χ3n) is 7.08. The molecule has 37 heavy (non-hydrogen) atoms. The van der Waals surface area contributed by atoms with Crippen LogP contribution in [0.25, 0.3) is 65.0 Å². The Kier molecular flexibility index (Phi) is 4.36. The summed E-state index contributed by atoms with van der Waals surface area (Å²) in [6, 6.07) is 38.4. The number of aromatic nitrogens is 4. The second kappa shape index (κ2) is 7.88. The van der Waals surface area contributed by atoms with Gasteiger partial charge in [-0.15, -0.1) is 0 Å². The van der Waals surface area contributed by atoms with Crippen LogP contribution in [0.3, 0.4) is 0 Å². The predicted molar refractivity (Wildman–Crippen MR) is 154 cm³/mol. The summed E-state index contributed by atoms with van der Waals surface area (Å²) >= 11 is 1.72. The first kappa shape index (κ1) is 20.5. The van der Waals surface area contributed by atoms with Crippen molar-refractivity contribution in [2.24, 2.45) is 0 Å². The zero-order valence-electron chi connectivity index (χ0n) is 19.7. The number of hydrogen-bond acceptors (Lipinski definition) is 3. The molecular weight excluding hydrogens is 472 g/mol. The molecule has 8 aromatic rings. The number of rotatable bonds is 3. The van der Waals surface area contributed by atoms with Crippen LogP contribution in [0.1, 0.15) is 0 Å². The topological polar surface area (TPSA) is 35.6 Å². The van der Waals surface area contributed by atoms with Gasteiger partial charge in [-0.3, -0.25) is 9.13 Å². The number of nitrogens with zero attached hydrogens (tertiary/aromatic N) is 4. The Morgan fingerprint density at radius 3 is 1.84 bits per heavy atom. The van der Waals surface area contributed by atoms with Crippen LogP contribution in [0.2, 0.25) is 0 Å². The molecule has 4 nitrogen and oxygen atoms in total. The Morgan fingerprint density at radius 2 is 1.14 bits per heavy atom. The van der Waals surface area contributed by atoms with Crippen molar-refractivity contribution in [1.82, 2.24) is 19.1 Å². The van der Waals surface area contributed by atoms with Gasteiger partial charge in [0.1, 0.15) is 15.8 Å². The number of benzene rings is 4. The van der Waals surface area contributed by atoms with Crippen molar-refractivity contribution in [3.05, 3.63) is 122 Å². The zero-order valence-corrected chi connectivity index (χ0v) is 20.6. The highest BCUT2D eigenvalue weighted by Gasteiger charge is 2.19. The first-order chi connectivity index (χ1) is 18.4. The fraction of sp³-hybridized carbons (Fsp3) is 0. The smallest absolute Gasteiger partial charge is 0.137 e. The Hall–Kier alpha value is -4.74. The minimum Gasteiger partial charge on any atom is -0.299 e. The van der Waals surface area contributed by atoms with Crippen LogP contribution in [-0.2, 0) is 0 Å². The molecule has 0 bridgehead atoms. The van der Waals surface area contributed by atoms with Crippen LogP contribution < -0.4 is 0 Å². The zero-order chi connectivity index (χ0) is 24.3. The summed E-state index contributed by atoms with van der Waals surface area (Å²) in [6.45, 7) is 0. The van der Waals surface area contributed by atoms with E-state index in [1.165, 1.54) is 32.6 Å². The molecule has 0 aliphatic heterocycles. The standard InChI is InChI=1S/C32H20N4S/c1-2-10-21(11-3-1)32-34-20-31(37-32)36-27-15-7-5-13-23(27)25-18-28-24(19-29(25)36)22-12-4-6-14-26(22)35(28)30-16-8-9-17-33-30/h1-20H. The fourth-order valence-electron chi connectivity index (χ4n) is 5.48. The number of hydrogen-bond donors (Lipinski definition) is 0. The maximum absolute atomic E-state index is 4.80. The molecule has 174 valence electrons. The van der Waals surface area contributed by atoms with Gasteiger partial charge >= 0.3 is 0 Å². The fourth-order valence-corrected chi connectivity index (χ4v) is 6.43. The van der Waals surface area contributed by atoms with Crippen molar-refractivity contribution in [3.8, 4) is 21.4 Å². The van der Waals surface area contributed by atoms with Gasteiger partial charge in [0.05, 0.1) is 28.3 Å². The Morgan fingerprint density at radius 1 is 0.514 bits per heavy atom. The first-order valence-electron chi connectivity index (χ1n) is 12.3. The maximum atomic E-state index is 4.80. The molecule has 0 unspecified atom stereocenters. The van der Waals surface area contributed by atoms with Crippen LogP contribution >= 0.6 is 11.3 Å². The highest BCUT2D eigenvalue weighted by Crippen LogP contribution is 2.40. The second-order valence-electron chi connectivity index (χ2n) is 9.15. The minimum atomic E-state index is 0.923. The van der Waals surface area contributed by atoms with Crippen LogP contribution in [0.5, 0.6) is 0 Å². The first-order valence-corrected chi connectivity index (χ1v) is 13.1. The van der Waals surface area contributed by atoms with Crippen molar-refractivity contribution in [3.63, 3.8) is 0 Å². The van der Waals surface area contributed by atoms with E-state index in [0.29, 0.717) is 0 Å². The highest BCUT2D eigenvalue weighted by molar-refractivity contribution is 7.17. The quantitative estimate of drug-likeness (QED) is 0.248. The summed E-state index contributed by atoms with van der Waals surface area (Å²) in [5.41, 5.74) is 5.82.